The fourth-order valence-corrected chi connectivity index (χ4v) is 1.91. The van der Waals surface area contributed by atoms with E-state index >= 15 is 0 Å². The number of benzene rings is 1. The van der Waals surface area contributed by atoms with Crippen LogP contribution in [-0.4, -0.2) is 4.98 Å². The minimum Gasteiger partial charge on any atom is -0.235 e. The van der Waals surface area contributed by atoms with Gasteiger partial charge in [-0.25, -0.2) is 4.98 Å². The minimum atomic E-state index is -0.386. The molecule has 3 nitrogen and oxygen atoms in total. The molecule has 1 aliphatic heterocycles. The van der Waals surface area contributed by atoms with Crippen LogP contribution in [0, 0.1) is 0 Å². The molecule has 1 aromatic heterocycles. The smallest absolute Gasteiger partial charge is 0.181 e. The van der Waals surface area contributed by atoms with Crippen molar-refractivity contribution in [3.8, 4) is 0 Å². The molecule has 0 spiro atoms. The third kappa shape index (κ3) is 0.960. The van der Waals surface area contributed by atoms with E-state index in [2.05, 4.69) is 15.2 Å². The second-order valence-corrected chi connectivity index (χ2v) is 3.55. The predicted molar refractivity (Wildman–Crippen MR) is 54.9 cm³/mol. The molecule has 0 saturated heterocycles. The summed E-state index contributed by atoms with van der Waals surface area (Å²) < 4.78 is 0. The van der Waals surface area contributed by atoms with Gasteiger partial charge in [0.25, 0.3) is 0 Å². The van der Waals surface area contributed by atoms with Crippen LogP contribution in [0.3, 0.4) is 0 Å². The van der Waals surface area contributed by atoms with Crippen molar-refractivity contribution in [2.24, 2.45) is 10.2 Å². The number of hydrogen-bond acceptors (Lipinski definition) is 3. The van der Waals surface area contributed by atoms with Crippen LogP contribution in [0.5, 0.6) is 0 Å². The topological polar surface area (TPSA) is 37.6 Å². The van der Waals surface area contributed by atoms with E-state index in [1.807, 2.05) is 24.3 Å². The van der Waals surface area contributed by atoms with Crippen molar-refractivity contribution in [1.82, 2.24) is 4.98 Å². The average molecular weight is 204 g/mol. The highest BCUT2D eigenvalue weighted by Crippen LogP contribution is 2.40. The van der Waals surface area contributed by atoms with Crippen molar-refractivity contribution in [2.75, 3.05) is 0 Å². The fraction of sp³-hybridized carbons (Fsp3) is 0.100. The summed E-state index contributed by atoms with van der Waals surface area (Å²) in [4.78, 5) is 4.19. The predicted octanol–water partition coefficient (Wildman–Crippen LogP) is 3.57. The van der Waals surface area contributed by atoms with E-state index in [9.17, 15) is 0 Å². The van der Waals surface area contributed by atoms with Gasteiger partial charge in [-0.1, -0.05) is 35.9 Å². The van der Waals surface area contributed by atoms with Crippen LogP contribution in [0.1, 0.15) is 11.1 Å². The molecule has 0 saturated carbocycles. The second-order valence-electron chi connectivity index (χ2n) is 3.13. The van der Waals surface area contributed by atoms with E-state index in [0.717, 1.165) is 16.3 Å². The quantitative estimate of drug-likeness (QED) is 0.476. The van der Waals surface area contributed by atoms with Crippen molar-refractivity contribution in [3.63, 3.8) is 0 Å². The molecular formula is C10H6ClN3. The lowest BCUT2D eigenvalue weighted by Gasteiger charge is -2.03. The summed E-state index contributed by atoms with van der Waals surface area (Å²) in [5, 5.41) is 9.95. The van der Waals surface area contributed by atoms with Crippen molar-refractivity contribution in [1.29, 1.82) is 0 Å². The van der Waals surface area contributed by atoms with E-state index in [4.69, 9.17) is 11.6 Å². The van der Waals surface area contributed by atoms with Crippen LogP contribution < -0.4 is 0 Å². The number of halogens is 1. The standard InChI is InChI=1S/C10H6ClN3/c11-9-8-7-4-2-1-3-6(7)5-12-10(8)14-13-9/h1-5,9H. The molecule has 0 N–H and O–H groups in total. The monoisotopic (exact) mass is 203 g/mol. The first-order valence-electron chi connectivity index (χ1n) is 4.29. The van der Waals surface area contributed by atoms with Gasteiger partial charge in [0.15, 0.2) is 11.3 Å². The molecule has 2 aromatic rings. The lowest BCUT2D eigenvalue weighted by molar-refractivity contribution is 1.00. The zero-order valence-corrected chi connectivity index (χ0v) is 7.94. The molecule has 0 aliphatic carbocycles. The van der Waals surface area contributed by atoms with Crippen LogP contribution in [0.25, 0.3) is 10.8 Å². The van der Waals surface area contributed by atoms with Gasteiger partial charge in [-0.3, -0.25) is 0 Å². The van der Waals surface area contributed by atoms with E-state index in [1.165, 1.54) is 0 Å². The Labute approximate surface area is 85.4 Å². The molecule has 2 heterocycles. The van der Waals surface area contributed by atoms with E-state index < -0.39 is 0 Å². The Morgan fingerprint density at radius 3 is 3.00 bits per heavy atom. The largest absolute Gasteiger partial charge is 0.235 e. The van der Waals surface area contributed by atoms with Crippen LogP contribution >= 0.6 is 11.6 Å². The van der Waals surface area contributed by atoms with Gasteiger partial charge in [0, 0.05) is 17.1 Å². The highest BCUT2D eigenvalue weighted by atomic mass is 35.5. The Morgan fingerprint density at radius 2 is 2.07 bits per heavy atom. The summed E-state index contributed by atoms with van der Waals surface area (Å²) >= 11 is 6.02. The van der Waals surface area contributed by atoms with Crippen LogP contribution in [-0.2, 0) is 0 Å². The van der Waals surface area contributed by atoms with E-state index in [0.29, 0.717) is 5.82 Å². The first-order valence-corrected chi connectivity index (χ1v) is 4.72. The second kappa shape index (κ2) is 2.75. The normalized spacial score (nSPS) is 18.8. The minimum absolute atomic E-state index is 0.386. The van der Waals surface area contributed by atoms with Crippen LogP contribution in [0.4, 0.5) is 5.82 Å². The molecule has 0 amide bonds. The number of nitrogens with zero attached hydrogens (tertiary/aromatic N) is 3. The van der Waals surface area contributed by atoms with Crippen LogP contribution in [0.2, 0.25) is 0 Å². The lowest BCUT2D eigenvalue weighted by atomic mass is 10.1. The number of pyridine rings is 1. The summed E-state index contributed by atoms with van der Waals surface area (Å²) in [6.45, 7) is 0. The molecular weight excluding hydrogens is 198 g/mol. The molecule has 4 heteroatoms. The number of rotatable bonds is 0. The molecule has 68 valence electrons. The van der Waals surface area contributed by atoms with Crippen molar-refractivity contribution in [3.05, 3.63) is 36.0 Å². The van der Waals surface area contributed by atoms with Gasteiger partial charge < -0.3 is 0 Å². The number of fused-ring (bicyclic) bond motifs is 3. The molecule has 1 atom stereocenters. The average Bonchev–Trinajstić information content (AvgIpc) is 2.61. The highest BCUT2D eigenvalue weighted by molar-refractivity contribution is 6.22. The van der Waals surface area contributed by atoms with Gasteiger partial charge in [0.1, 0.15) is 0 Å². The zero-order valence-electron chi connectivity index (χ0n) is 7.18. The summed E-state index contributed by atoms with van der Waals surface area (Å²) in [7, 11) is 0. The molecule has 1 unspecified atom stereocenters. The Morgan fingerprint density at radius 1 is 1.21 bits per heavy atom. The summed E-state index contributed by atoms with van der Waals surface area (Å²) in [5.74, 6) is 0.642. The number of alkyl halides is 1. The van der Waals surface area contributed by atoms with Crippen molar-refractivity contribution < 1.29 is 0 Å². The Kier molecular flexibility index (Phi) is 1.55. The van der Waals surface area contributed by atoms with Gasteiger partial charge >= 0.3 is 0 Å². The molecule has 0 radical (unpaired) electrons. The molecule has 0 fully saturated rings. The first kappa shape index (κ1) is 7.88. The lowest BCUT2D eigenvalue weighted by Crippen LogP contribution is -1.86. The zero-order chi connectivity index (χ0) is 9.54. The molecule has 1 aromatic carbocycles. The van der Waals surface area contributed by atoms with E-state index in [1.54, 1.807) is 6.20 Å². The third-order valence-electron chi connectivity index (χ3n) is 2.31. The molecule has 14 heavy (non-hydrogen) atoms. The summed E-state index contributed by atoms with van der Waals surface area (Å²) in [5.41, 5.74) is 0.536. The maximum Gasteiger partial charge on any atom is 0.181 e. The van der Waals surface area contributed by atoms with Gasteiger partial charge in [0.05, 0.1) is 0 Å². The van der Waals surface area contributed by atoms with Gasteiger partial charge in [-0.15, -0.1) is 5.11 Å². The van der Waals surface area contributed by atoms with Crippen LogP contribution in [0.15, 0.2) is 40.7 Å². The molecule has 3 rings (SSSR count). The van der Waals surface area contributed by atoms with Gasteiger partial charge in [-0.05, 0) is 5.39 Å². The number of hydrogen-bond donors (Lipinski definition) is 0. The fourth-order valence-electron chi connectivity index (χ4n) is 1.65. The first-order chi connectivity index (χ1) is 6.86. The summed E-state index contributed by atoms with van der Waals surface area (Å²) in [6, 6.07) is 7.97. The Hall–Kier alpha value is -1.48. The number of azo groups is 1. The molecule has 0 bridgehead atoms. The van der Waals surface area contributed by atoms with Gasteiger partial charge in [0.2, 0.25) is 0 Å². The third-order valence-corrected chi connectivity index (χ3v) is 2.62. The Balaban J connectivity index is 2.44. The summed E-state index contributed by atoms with van der Waals surface area (Å²) in [6.07, 6.45) is 1.79. The van der Waals surface area contributed by atoms with Crippen molar-refractivity contribution in [2.45, 2.75) is 5.50 Å². The van der Waals surface area contributed by atoms with Crippen molar-refractivity contribution >= 4 is 28.2 Å². The SMILES string of the molecule is ClC1N=Nc2ncc3ccccc3c21. The Bertz CT molecular complexity index is 536. The van der Waals surface area contributed by atoms with Gasteiger partial charge in [-0.2, -0.15) is 5.11 Å². The molecule has 1 aliphatic rings. The van der Waals surface area contributed by atoms with E-state index in [-0.39, 0.29) is 5.50 Å². The highest BCUT2D eigenvalue weighted by Gasteiger charge is 2.21. The maximum atomic E-state index is 6.02. The number of aromatic nitrogens is 1. The maximum absolute atomic E-state index is 6.02.